The number of piperidine rings is 1. The van der Waals surface area contributed by atoms with Crippen LogP contribution in [0.1, 0.15) is 30.4 Å². The highest BCUT2D eigenvalue weighted by molar-refractivity contribution is 5.85. The van der Waals surface area contributed by atoms with Gasteiger partial charge in [-0.05, 0) is 50.4 Å². The van der Waals surface area contributed by atoms with E-state index in [0.717, 1.165) is 37.2 Å². The van der Waals surface area contributed by atoms with Gasteiger partial charge in [0.2, 0.25) is 5.91 Å². The Labute approximate surface area is 133 Å². The normalized spacial score (nSPS) is 17.7. The first-order valence-electron chi connectivity index (χ1n) is 7.36. The minimum absolute atomic E-state index is 0. The van der Waals surface area contributed by atoms with Gasteiger partial charge in [-0.1, -0.05) is 12.1 Å². The molecule has 1 aromatic carbocycles. The standard InChI is InChI=1S/C16H24N2O2.ClH/c1-12-5-3-7-15(13(12)2)20-10-8-16(19)18-14-6-4-9-17-11-14;/h3,5,7,14,17H,4,6,8-11H2,1-2H3,(H,18,19);1H/t14-;/m0./s1. The average molecular weight is 313 g/mol. The molecule has 0 unspecified atom stereocenters. The molecule has 2 N–H and O–H groups in total. The van der Waals surface area contributed by atoms with Gasteiger partial charge in [-0.3, -0.25) is 4.79 Å². The first-order valence-corrected chi connectivity index (χ1v) is 7.36. The topological polar surface area (TPSA) is 50.4 Å². The van der Waals surface area contributed by atoms with Crippen molar-refractivity contribution in [2.75, 3.05) is 19.7 Å². The minimum Gasteiger partial charge on any atom is -0.493 e. The van der Waals surface area contributed by atoms with Crippen LogP contribution < -0.4 is 15.4 Å². The maximum absolute atomic E-state index is 11.8. The van der Waals surface area contributed by atoms with E-state index in [2.05, 4.69) is 23.6 Å². The summed E-state index contributed by atoms with van der Waals surface area (Å²) < 4.78 is 5.70. The summed E-state index contributed by atoms with van der Waals surface area (Å²) in [5, 5.41) is 6.34. The van der Waals surface area contributed by atoms with Crippen molar-refractivity contribution in [2.24, 2.45) is 0 Å². The van der Waals surface area contributed by atoms with E-state index >= 15 is 0 Å². The zero-order valence-electron chi connectivity index (χ0n) is 12.8. The number of ether oxygens (including phenoxy) is 1. The number of nitrogens with one attached hydrogen (secondary N) is 2. The van der Waals surface area contributed by atoms with Gasteiger partial charge >= 0.3 is 0 Å². The summed E-state index contributed by atoms with van der Waals surface area (Å²) in [6.07, 6.45) is 2.60. The van der Waals surface area contributed by atoms with Crippen LogP contribution in [0.25, 0.3) is 0 Å². The predicted molar refractivity (Wildman–Crippen MR) is 87.3 cm³/mol. The molecule has 0 spiro atoms. The number of halogens is 1. The van der Waals surface area contributed by atoms with Gasteiger partial charge in [-0.15, -0.1) is 12.4 Å². The Bertz CT molecular complexity index is 460. The fourth-order valence-corrected chi connectivity index (χ4v) is 2.41. The Hall–Kier alpha value is -1.26. The molecule has 1 saturated heterocycles. The molecule has 1 aliphatic rings. The number of aryl methyl sites for hydroxylation is 1. The van der Waals surface area contributed by atoms with Gasteiger partial charge in [-0.25, -0.2) is 0 Å². The lowest BCUT2D eigenvalue weighted by atomic mass is 10.1. The summed E-state index contributed by atoms with van der Waals surface area (Å²) in [5.74, 6) is 0.945. The van der Waals surface area contributed by atoms with Gasteiger partial charge in [0.25, 0.3) is 0 Å². The van der Waals surface area contributed by atoms with E-state index in [0.29, 0.717) is 13.0 Å². The molecule has 2 rings (SSSR count). The number of benzene rings is 1. The van der Waals surface area contributed by atoms with E-state index in [9.17, 15) is 4.79 Å². The van der Waals surface area contributed by atoms with E-state index in [1.165, 1.54) is 5.56 Å². The molecule has 21 heavy (non-hydrogen) atoms. The second-order valence-electron chi connectivity index (χ2n) is 5.41. The molecule has 1 fully saturated rings. The van der Waals surface area contributed by atoms with Gasteiger partial charge < -0.3 is 15.4 Å². The molecule has 5 heteroatoms. The summed E-state index contributed by atoms with van der Waals surface area (Å²) in [5.41, 5.74) is 2.35. The first-order chi connectivity index (χ1) is 9.66. The Kier molecular flexibility index (Phi) is 7.54. The molecule has 0 saturated carbocycles. The summed E-state index contributed by atoms with van der Waals surface area (Å²) in [6.45, 7) is 6.46. The third-order valence-corrected chi connectivity index (χ3v) is 3.80. The number of rotatable bonds is 5. The second-order valence-corrected chi connectivity index (χ2v) is 5.41. The number of hydrogen-bond acceptors (Lipinski definition) is 3. The van der Waals surface area contributed by atoms with E-state index in [1.54, 1.807) is 0 Å². The van der Waals surface area contributed by atoms with Crippen LogP contribution in [0.15, 0.2) is 18.2 Å². The van der Waals surface area contributed by atoms with Crippen molar-refractivity contribution in [1.29, 1.82) is 0 Å². The number of carbonyl (C=O) groups is 1. The maximum Gasteiger partial charge on any atom is 0.223 e. The molecule has 1 aromatic rings. The van der Waals surface area contributed by atoms with Crippen LogP contribution in [0, 0.1) is 13.8 Å². The van der Waals surface area contributed by atoms with E-state index in [1.807, 2.05) is 19.1 Å². The monoisotopic (exact) mass is 312 g/mol. The van der Waals surface area contributed by atoms with Gasteiger partial charge in [0.05, 0.1) is 13.0 Å². The molecule has 1 amide bonds. The van der Waals surface area contributed by atoms with E-state index < -0.39 is 0 Å². The van der Waals surface area contributed by atoms with Gasteiger partial charge in [0.15, 0.2) is 0 Å². The van der Waals surface area contributed by atoms with E-state index in [-0.39, 0.29) is 24.4 Å². The smallest absolute Gasteiger partial charge is 0.223 e. The summed E-state index contributed by atoms with van der Waals surface area (Å²) in [4.78, 5) is 11.8. The molecule has 1 atom stereocenters. The van der Waals surface area contributed by atoms with Gasteiger partial charge in [0, 0.05) is 12.6 Å². The Morgan fingerprint density at radius 3 is 2.95 bits per heavy atom. The fourth-order valence-electron chi connectivity index (χ4n) is 2.41. The van der Waals surface area contributed by atoms with Crippen LogP contribution in [-0.4, -0.2) is 31.6 Å². The Morgan fingerprint density at radius 1 is 1.43 bits per heavy atom. The largest absolute Gasteiger partial charge is 0.493 e. The summed E-state index contributed by atoms with van der Waals surface area (Å²) >= 11 is 0. The van der Waals surface area contributed by atoms with Crippen LogP contribution in [0.2, 0.25) is 0 Å². The lowest BCUT2D eigenvalue weighted by Crippen LogP contribution is -2.45. The van der Waals surface area contributed by atoms with Gasteiger partial charge in [0.1, 0.15) is 5.75 Å². The highest BCUT2D eigenvalue weighted by atomic mass is 35.5. The SMILES string of the molecule is Cc1cccc(OCCC(=O)N[C@H]2CCCNC2)c1C.Cl. The minimum atomic E-state index is 0. The summed E-state index contributed by atoms with van der Waals surface area (Å²) in [7, 11) is 0. The molecular weight excluding hydrogens is 288 g/mol. The van der Waals surface area contributed by atoms with Crippen molar-refractivity contribution in [1.82, 2.24) is 10.6 Å². The van der Waals surface area contributed by atoms with Crippen molar-refractivity contribution in [2.45, 2.75) is 39.2 Å². The second kappa shape index (κ2) is 8.90. The Balaban J connectivity index is 0.00000220. The molecule has 0 bridgehead atoms. The van der Waals surface area contributed by atoms with Crippen LogP contribution in [0.5, 0.6) is 5.75 Å². The molecule has 0 aromatic heterocycles. The molecular formula is C16H25ClN2O2. The predicted octanol–water partition coefficient (Wildman–Crippen LogP) is 2.36. The third-order valence-electron chi connectivity index (χ3n) is 3.80. The van der Waals surface area contributed by atoms with Crippen LogP contribution in [0.3, 0.4) is 0 Å². The van der Waals surface area contributed by atoms with Crippen molar-refractivity contribution >= 4 is 18.3 Å². The maximum atomic E-state index is 11.8. The molecule has 118 valence electrons. The van der Waals surface area contributed by atoms with Crippen LogP contribution in [-0.2, 0) is 4.79 Å². The number of carbonyl (C=O) groups excluding carboxylic acids is 1. The first kappa shape index (κ1) is 17.8. The van der Waals surface area contributed by atoms with Crippen molar-refractivity contribution in [3.63, 3.8) is 0 Å². The number of amides is 1. The number of hydrogen-bond donors (Lipinski definition) is 2. The van der Waals surface area contributed by atoms with Gasteiger partial charge in [-0.2, -0.15) is 0 Å². The quantitative estimate of drug-likeness (QED) is 0.877. The zero-order valence-corrected chi connectivity index (χ0v) is 13.6. The van der Waals surface area contributed by atoms with Crippen LogP contribution in [0.4, 0.5) is 0 Å². The third kappa shape index (κ3) is 5.56. The highest BCUT2D eigenvalue weighted by Crippen LogP contribution is 2.20. The lowest BCUT2D eigenvalue weighted by molar-refractivity contribution is -0.122. The zero-order chi connectivity index (χ0) is 14.4. The molecule has 1 aliphatic heterocycles. The highest BCUT2D eigenvalue weighted by Gasteiger charge is 2.15. The molecule has 0 aliphatic carbocycles. The molecule has 0 radical (unpaired) electrons. The van der Waals surface area contributed by atoms with E-state index in [4.69, 9.17) is 4.74 Å². The van der Waals surface area contributed by atoms with Crippen molar-refractivity contribution in [3.8, 4) is 5.75 Å². The van der Waals surface area contributed by atoms with Crippen LogP contribution >= 0.6 is 12.4 Å². The summed E-state index contributed by atoms with van der Waals surface area (Å²) in [6, 6.07) is 6.26. The lowest BCUT2D eigenvalue weighted by Gasteiger charge is -2.23. The molecule has 1 heterocycles. The molecule has 4 nitrogen and oxygen atoms in total. The van der Waals surface area contributed by atoms with Crippen molar-refractivity contribution < 1.29 is 9.53 Å². The average Bonchev–Trinajstić information content (AvgIpc) is 2.44. The van der Waals surface area contributed by atoms with Crippen molar-refractivity contribution in [3.05, 3.63) is 29.3 Å². The fraction of sp³-hybridized carbons (Fsp3) is 0.562. The Morgan fingerprint density at radius 2 is 2.24 bits per heavy atom.